The highest BCUT2D eigenvalue weighted by molar-refractivity contribution is 6.07. The summed E-state index contributed by atoms with van der Waals surface area (Å²) < 4.78 is 0. The van der Waals surface area contributed by atoms with E-state index in [1.54, 1.807) is 10.9 Å². The second-order valence-corrected chi connectivity index (χ2v) is 4.13. The fraction of sp³-hybridized carbons (Fsp3) is 0. The van der Waals surface area contributed by atoms with Crippen LogP contribution in [0.1, 0.15) is 0 Å². The maximum Gasteiger partial charge on any atom is 0.343 e. The van der Waals surface area contributed by atoms with Crippen LogP contribution in [0.5, 0.6) is 0 Å². The molecule has 0 unspecified atom stereocenters. The molecule has 20 heavy (non-hydrogen) atoms. The van der Waals surface area contributed by atoms with Crippen molar-refractivity contribution in [3.63, 3.8) is 0 Å². The molecule has 5 heteroatoms. The lowest BCUT2D eigenvalue weighted by molar-refractivity contribution is 0.241. The molecular formula is C15H16N4O. The average Bonchev–Trinajstić information content (AvgIpc) is 2.54. The number of fused-ring (bicyclic) bond motifs is 3. The van der Waals surface area contributed by atoms with Gasteiger partial charge in [-0.05, 0) is 21.5 Å². The van der Waals surface area contributed by atoms with Gasteiger partial charge in [-0.1, -0.05) is 60.7 Å². The zero-order chi connectivity index (χ0) is 14.4. The minimum atomic E-state index is -0.602. The van der Waals surface area contributed by atoms with Crippen LogP contribution in [0.15, 0.2) is 60.7 Å². The van der Waals surface area contributed by atoms with Gasteiger partial charge in [-0.3, -0.25) is 10.9 Å². The van der Waals surface area contributed by atoms with E-state index in [2.05, 4.69) is 72.3 Å². The Kier molecular flexibility index (Phi) is 4.49. The van der Waals surface area contributed by atoms with Crippen LogP contribution in [0.25, 0.3) is 21.5 Å². The minimum Gasteiger partial charge on any atom is -0.275 e. The maximum absolute atomic E-state index is 9.71. The van der Waals surface area contributed by atoms with Gasteiger partial charge >= 0.3 is 6.03 Å². The molecule has 2 amide bonds. The highest BCUT2D eigenvalue weighted by Crippen LogP contribution is 2.24. The Labute approximate surface area is 116 Å². The summed E-state index contributed by atoms with van der Waals surface area (Å²) in [7, 11) is 0. The van der Waals surface area contributed by atoms with Gasteiger partial charge in [-0.15, -0.1) is 0 Å². The monoisotopic (exact) mass is 268 g/mol. The third-order valence-electron chi connectivity index (χ3n) is 2.92. The van der Waals surface area contributed by atoms with Crippen molar-refractivity contribution in [2.45, 2.75) is 0 Å². The van der Waals surface area contributed by atoms with Gasteiger partial charge in [0.15, 0.2) is 0 Å². The zero-order valence-corrected chi connectivity index (χ0v) is 10.8. The summed E-state index contributed by atoms with van der Waals surface area (Å²) in [6, 6.07) is 20.8. The maximum atomic E-state index is 9.71. The Morgan fingerprint density at radius 3 is 1.45 bits per heavy atom. The zero-order valence-electron chi connectivity index (χ0n) is 10.8. The van der Waals surface area contributed by atoms with E-state index in [0.717, 1.165) is 0 Å². The Morgan fingerprint density at radius 2 is 1.10 bits per heavy atom. The molecule has 102 valence electrons. The second-order valence-electron chi connectivity index (χ2n) is 4.13. The van der Waals surface area contributed by atoms with Crippen LogP contribution in [0.2, 0.25) is 0 Å². The lowest BCUT2D eigenvalue weighted by Crippen LogP contribution is -2.43. The summed E-state index contributed by atoms with van der Waals surface area (Å²) in [5, 5.41) is 5.30. The van der Waals surface area contributed by atoms with Gasteiger partial charge < -0.3 is 0 Å². The molecule has 5 nitrogen and oxygen atoms in total. The molecule has 0 saturated heterocycles. The Balaban J connectivity index is 0.000000212. The van der Waals surface area contributed by atoms with Crippen molar-refractivity contribution in [3.8, 4) is 0 Å². The lowest BCUT2D eigenvalue weighted by atomic mass is 10.0. The predicted molar refractivity (Wildman–Crippen MR) is 81.5 cm³/mol. The Bertz CT molecular complexity index is 666. The van der Waals surface area contributed by atoms with Crippen LogP contribution < -0.4 is 22.5 Å². The van der Waals surface area contributed by atoms with Crippen LogP contribution in [-0.4, -0.2) is 6.03 Å². The fourth-order valence-corrected chi connectivity index (χ4v) is 2.00. The molecule has 6 N–H and O–H groups in total. The van der Waals surface area contributed by atoms with Crippen LogP contribution in [0, 0.1) is 0 Å². The number of hydrogen-bond acceptors (Lipinski definition) is 3. The molecule has 0 fully saturated rings. The second kappa shape index (κ2) is 6.51. The predicted octanol–water partition coefficient (Wildman–Crippen LogP) is 2.03. The SMILES string of the molecule is NNC(=O)NN.c1ccc2c(c1)ccc1ccccc12. The first-order chi connectivity index (χ1) is 9.76. The number of hydrazine groups is 2. The van der Waals surface area contributed by atoms with E-state index in [4.69, 9.17) is 0 Å². The van der Waals surface area contributed by atoms with Crippen LogP contribution in [-0.2, 0) is 0 Å². The van der Waals surface area contributed by atoms with Crippen molar-refractivity contribution in [2.75, 3.05) is 0 Å². The van der Waals surface area contributed by atoms with Gasteiger partial charge in [0.25, 0.3) is 0 Å². The van der Waals surface area contributed by atoms with E-state index in [-0.39, 0.29) is 0 Å². The van der Waals surface area contributed by atoms with Crippen LogP contribution in [0.4, 0.5) is 4.79 Å². The Hall–Kier alpha value is -2.63. The molecule has 0 aliphatic carbocycles. The topological polar surface area (TPSA) is 93.2 Å². The number of hydrogen-bond donors (Lipinski definition) is 4. The number of carbonyl (C=O) groups excluding carboxylic acids is 1. The number of nitrogens with one attached hydrogen (secondary N) is 2. The standard InChI is InChI=1S/C14H10.CH6N4O/c1-3-7-13-11(5-1)9-10-12-6-2-4-8-14(12)13;2-4-1(6)5-3/h1-10H;2-3H2,(H2,4,5,6). The van der Waals surface area contributed by atoms with Gasteiger partial charge in [-0.2, -0.15) is 0 Å². The van der Waals surface area contributed by atoms with Gasteiger partial charge in [0, 0.05) is 0 Å². The molecule has 0 saturated carbocycles. The third kappa shape index (κ3) is 3.03. The van der Waals surface area contributed by atoms with E-state index in [1.165, 1.54) is 21.5 Å². The number of amides is 2. The molecule has 0 bridgehead atoms. The van der Waals surface area contributed by atoms with Crippen molar-refractivity contribution in [2.24, 2.45) is 11.7 Å². The normalized spacial score (nSPS) is 9.70. The van der Waals surface area contributed by atoms with Gasteiger partial charge in [0.05, 0.1) is 0 Å². The smallest absolute Gasteiger partial charge is 0.275 e. The summed E-state index contributed by atoms with van der Waals surface area (Å²) in [6.07, 6.45) is 0. The molecule has 0 heterocycles. The van der Waals surface area contributed by atoms with Crippen molar-refractivity contribution < 1.29 is 4.79 Å². The Morgan fingerprint density at radius 1 is 0.700 bits per heavy atom. The van der Waals surface area contributed by atoms with Crippen molar-refractivity contribution in [1.82, 2.24) is 10.9 Å². The van der Waals surface area contributed by atoms with Crippen molar-refractivity contribution >= 4 is 27.6 Å². The van der Waals surface area contributed by atoms with E-state index >= 15 is 0 Å². The lowest BCUT2D eigenvalue weighted by Gasteiger charge is -2.02. The first kappa shape index (κ1) is 13.8. The number of benzene rings is 3. The van der Waals surface area contributed by atoms with Gasteiger partial charge in [0.1, 0.15) is 0 Å². The number of urea groups is 1. The first-order valence-corrected chi connectivity index (χ1v) is 6.10. The summed E-state index contributed by atoms with van der Waals surface area (Å²) in [4.78, 5) is 9.71. The van der Waals surface area contributed by atoms with Crippen LogP contribution in [0.3, 0.4) is 0 Å². The van der Waals surface area contributed by atoms with Gasteiger partial charge in [-0.25, -0.2) is 16.5 Å². The molecule has 0 aliphatic heterocycles. The van der Waals surface area contributed by atoms with Crippen molar-refractivity contribution in [3.05, 3.63) is 60.7 Å². The molecule has 0 spiro atoms. The number of carbonyl (C=O) groups is 1. The molecule has 3 rings (SSSR count). The highest BCUT2D eigenvalue weighted by Gasteiger charge is 1.97. The largest absolute Gasteiger partial charge is 0.343 e. The van der Waals surface area contributed by atoms with Gasteiger partial charge in [0.2, 0.25) is 0 Å². The fourth-order valence-electron chi connectivity index (χ4n) is 2.00. The first-order valence-electron chi connectivity index (χ1n) is 6.10. The molecule has 0 aliphatic rings. The molecule has 3 aromatic rings. The average molecular weight is 268 g/mol. The summed E-state index contributed by atoms with van der Waals surface area (Å²) >= 11 is 0. The molecule has 0 radical (unpaired) electrons. The number of nitrogens with two attached hydrogens (primary N) is 2. The molecular weight excluding hydrogens is 252 g/mol. The summed E-state index contributed by atoms with van der Waals surface area (Å²) in [5.74, 6) is 9.08. The minimum absolute atomic E-state index is 0.602. The highest BCUT2D eigenvalue weighted by atomic mass is 16.2. The van der Waals surface area contributed by atoms with E-state index in [9.17, 15) is 4.79 Å². The van der Waals surface area contributed by atoms with E-state index < -0.39 is 6.03 Å². The number of rotatable bonds is 0. The van der Waals surface area contributed by atoms with Crippen LogP contribution >= 0.6 is 0 Å². The summed E-state index contributed by atoms with van der Waals surface area (Å²) in [5.41, 5.74) is 3.48. The quantitative estimate of drug-likeness (QED) is 0.217. The van der Waals surface area contributed by atoms with E-state index in [1.807, 2.05) is 0 Å². The summed E-state index contributed by atoms with van der Waals surface area (Å²) in [6.45, 7) is 0. The van der Waals surface area contributed by atoms with E-state index in [0.29, 0.717) is 0 Å². The molecule has 0 aromatic heterocycles. The molecule has 3 aromatic carbocycles. The van der Waals surface area contributed by atoms with Crippen molar-refractivity contribution in [1.29, 1.82) is 0 Å². The third-order valence-corrected chi connectivity index (χ3v) is 2.92. The molecule has 0 atom stereocenters.